The predicted molar refractivity (Wildman–Crippen MR) is 299 cm³/mol. The van der Waals surface area contributed by atoms with Crippen molar-refractivity contribution in [2.75, 3.05) is 13.2 Å². The molecule has 9 nitrogen and oxygen atoms in total. The van der Waals surface area contributed by atoms with Gasteiger partial charge in [0.2, 0.25) is 5.91 Å². The molecule has 7 atom stereocenters. The summed E-state index contributed by atoms with van der Waals surface area (Å²) in [5, 5.41) is 54.0. The molecule has 1 saturated heterocycles. The highest BCUT2D eigenvalue weighted by Gasteiger charge is 2.44. The number of ether oxygens (including phenoxy) is 2. The van der Waals surface area contributed by atoms with Gasteiger partial charge in [-0.05, 0) is 64.2 Å². The summed E-state index contributed by atoms with van der Waals surface area (Å²) in [6, 6.07) is -0.818. The Morgan fingerprint density at radius 2 is 0.887 bits per heavy atom. The van der Waals surface area contributed by atoms with E-state index in [1.807, 2.05) is 6.08 Å². The number of carbonyl (C=O) groups excluding carboxylic acids is 1. The topological polar surface area (TPSA) is 149 Å². The second kappa shape index (κ2) is 51.1. The minimum absolute atomic E-state index is 0.189. The lowest BCUT2D eigenvalue weighted by Gasteiger charge is -2.40. The Morgan fingerprint density at radius 1 is 0.493 bits per heavy atom. The SMILES string of the molecule is CC/C=C\C/C=C\C/C=C\C/C=C\CCCCCCCCCCCCCCCCCCCCCCCCCCCCCCC(=O)NC(COC1OC(CO)C(O)C(O)C1O)C(O)/C=C/CC/C=C/CCC. The lowest BCUT2D eigenvalue weighted by atomic mass is 9.99. The van der Waals surface area contributed by atoms with Gasteiger partial charge in [-0.1, -0.05) is 260 Å². The molecule has 0 bridgehead atoms. The summed E-state index contributed by atoms with van der Waals surface area (Å²) in [6.45, 7) is 3.54. The third kappa shape index (κ3) is 40.7. The lowest BCUT2D eigenvalue weighted by Crippen LogP contribution is -2.60. The Balaban J connectivity index is 1.95. The smallest absolute Gasteiger partial charge is 0.220 e. The first-order valence-electron chi connectivity index (χ1n) is 29.7. The van der Waals surface area contributed by atoms with Gasteiger partial charge >= 0.3 is 0 Å². The highest BCUT2D eigenvalue weighted by atomic mass is 16.7. The van der Waals surface area contributed by atoms with E-state index in [2.05, 4.69) is 79.9 Å². The largest absolute Gasteiger partial charge is 0.394 e. The average molecular weight is 999 g/mol. The van der Waals surface area contributed by atoms with Crippen molar-refractivity contribution in [3.05, 3.63) is 72.9 Å². The Kier molecular flexibility index (Phi) is 48.0. The third-order valence-electron chi connectivity index (χ3n) is 13.7. The molecule has 7 unspecified atom stereocenters. The number of allylic oxidation sites excluding steroid dienone is 11. The number of amides is 1. The first-order valence-corrected chi connectivity index (χ1v) is 29.7. The molecule has 0 saturated carbocycles. The monoisotopic (exact) mass is 998 g/mol. The van der Waals surface area contributed by atoms with Gasteiger partial charge in [0.15, 0.2) is 6.29 Å². The van der Waals surface area contributed by atoms with Gasteiger partial charge in [-0.2, -0.15) is 0 Å². The van der Waals surface area contributed by atoms with Crippen molar-refractivity contribution in [2.45, 2.75) is 301 Å². The molecule has 9 heteroatoms. The summed E-state index contributed by atoms with van der Waals surface area (Å²) in [5.41, 5.74) is 0. The van der Waals surface area contributed by atoms with Gasteiger partial charge in [-0.25, -0.2) is 0 Å². The van der Waals surface area contributed by atoms with Crippen molar-refractivity contribution in [3.63, 3.8) is 0 Å². The molecule has 0 radical (unpaired) electrons. The van der Waals surface area contributed by atoms with Crippen molar-refractivity contribution in [2.24, 2.45) is 0 Å². The van der Waals surface area contributed by atoms with Crippen LogP contribution in [0.2, 0.25) is 0 Å². The number of aliphatic hydroxyl groups is 5. The number of carbonyl (C=O) groups is 1. The summed E-state index contributed by atoms with van der Waals surface area (Å²) >= 11 is 0. The van der Waals surface area contributed by atoms with Gasteiger partial charge in [0, 0.05) is 6.42 Å². The van der Waals surface area contributed by atoms with E-state index in [1.165, 1.54) is 167 Å². The number of aliphatic hydroxyl groups excluding tert-OH is 5. The first-order chi connectivity index (χ1) is 34.8. The first kappa shape index (κ1) is 66.6. The standard InChI is InChI=1S/C62H111NO8/c1-3-5-7-9-11-12-13-14-15-16-17-18-19-20-21-22-23-24-25-26-27-28-29-30-31-32-33-34-35-36-37-38-39-40-41-42-43-44-46-48-50-52-58(66)63-55(56(65)51-49-47-45-10-8-6-4-2)54-70-62-61(69)60(68)59(67)57(53-64)71-62/h5,7-8,10-12,14-15,17-18,49,51,55-57,59-62,64-65,67-69H,3-4,6,9,13,16,19-48,50,52-54H2,1-2H3,(H,63,66)/b7-5-,10-8+,12-11-,15-14-,18-17-,51-49+. The maximum absolute atomic E-state index is 12.9. The molecule has 0 aliphatic carbocycles. The maximum atomic E-state index is 12.9. The van der Waals surface area contributed by atoms with Gasteiger partial charge in [-0.15, -0.1) is 0 Å². The lowest BCUT2D eigenvalue weighted by molar-refractivity contribution is -0.302. The summed E-state index contributed by atoms with van der Waals surface area (Å²) in [6.07, 6.45) is 64.9. The minimum atomic E-state index is -1.57. The van der Waals surface area contributed by atoms with E-state index < -0.39 is 49.5 Å². The van der Waals surface area contributed by atoms with Crippen LogP contribution in [0.4, 0.5) is 0 Å². The van der Waals surface area contributed by atoms with Crippen molar-refractivity contribution in [1.82, 2.24) is 5.32 Å². The predicted octanol–water partition coefficient (Wildman–Crippen LogP) is 14.8. The summed E-state index contributed by atoms with van der Waals surface area (Å²) in [7, 11) is 0. The van der Waals surface area contributed by atoms with Gasteiger partial charge in [-0.3, -0.25) is 4.79 Å². The molecule has 1 amide bonds. The van der Waals surface area contributed by atoms with E-state index in [9.17, 15) is 30.3 Å². The molecular formula is C62H111NO8. The minimum Gasteiger partial charge on any atom is -0.394 e. The molecule has 412 valence electrons. The molecule has 0 aromatic rings. The maximum Gasteiger partial charge on any atom is 0.220 e. The molecule has 0 aromatic heterocycles. The van der Waals surface area contributed by atoms with Crippen LogP contribution in [0.3, 0.4) is 0 Å². The number of nitrogens with one attached hydrogen (secondary N) is 1. The fourth-order valence-electron chi connectivity index (χ4n) is 9.11. The number of unbranched alkanes of at least 4 members (excludes halogenated alkanes) is 30. The van der Waals surface area contributed by atoms with Crippen molar-refractivity contribution >= 4 is 5.91 Å². The number of hydrogen-bond acceptors (Lipinski definition) is 8. The van der Waals surface area contributed by atoms with Gasteiger partial charge in [0.25, 0.3) is 0 Å². The van der Waals surface area contributed by atoms with Crippen molar-refractivity contribution in [1.29, 1.82) is 0 Å². The molecule has 6 N–H and O–H groups in total. The Hall–Kier alpha value is -2.37. The van der Waals surface area contributed by atoms with E-state index >= 15 is 0 Å². The third-order valence-corrected chi connectivity index (χ3v) is 13.7. The van der Waals surface area contributed by atoms with E-state index in [-0.39, 0.29) is 12.5 Å². The van der Waals surface area contributed by atoms with Crippen LogP contribution < -0.4 is 5.32 Å². The molecule has 0 spiro atoms. The van der Waals surface area contributed by atoms with Gasteiger partial charge in [0.05, 0.1) is 25.4 Å². The normalized spacial score (nSPS) is 19.8. The van der Waals surface area contributed by atoms with E-state index in [0.29, 0.717) is 6.42 Å². The quantitative estimate of drug-likeness (QED) is 0.0261. The fourth-order valence-corrected chi connectivity index (χ4v) is 9.11. The van der Waals surface area contributed by atoms with Crippen LogP contribution >= 0.6 is 0 Å². The van der Waals surface area contributed by atoms with E-state index in [1.54, 1.807) is 6.08 Å². The van der Waals surface area contributed by atoms with Gasteiger partial charge < -0.3 is 40.3 Å². The van der Waals surface area contributed by atoms with Crippen LogP contribution in [0.1, 0.15) is 258 Å². The number of rotatable bonds is 50. The zero-order valence-corrected chi connectivity index (χ0v) is 45.7. The van der Waals surface area contributed by atoms with Crippen LogP contribution in [0, 0.1) is 0 Å². The molecule has 71 heavy (non-hydrogen) atoms. The second-order valence-electron chi connectivity index (χ2n) is 20.4. The Morgan fingerprint density at radius 3 is 1.34 bits per heavy atom. The number of hydrogen-bond donors (Lipinski definition) is 6. The van der Waals surface area contributed by atoms with Crippen molar-refractivity contribution in [3.8, 4) is 0 Å². The molecule has 1 rings (SSSR count). The van der Waals surface area contributed by atoms with Crippen LogP contribution in [-0.2, 0) is 14.3 Å². The zero-order valence-electron chi connectivity index (χ0n) is 45.7. The molecule has 1 aliphatic heterocycles. The van der Waals surface area contributed by atoms with Gasteiger partial charge in [0.1, 0.15) is 24.4 Å². The fraction of sp³-hybridized carbons (Fsp3) is 0.790. The van der Waals surface area contributed by atoms with Crippen LogP contribution in [0.25, 0.3) is 0 Å². The Labute approximate surface area is 436 Å². The molecular weight excluding hydrogens is 887 g/mol. The molecule has 1 heterocycles. The summed E-state index contributed by atoms with van der Waals surface area (Å²) in [5.74, 6) is -0.189. The van der Waals surface area contributed by atoms with Crippen LogP contribution in [-0.4, -0.2) is 87.5 Å². The van der Waals surface area contributed by atoms with Crippen LogP contribution in [0.15, 0.2) is 72.9 Å². The van der Waals surface area contributed by atoms with Crippen molar-refractivity contribution < 1.29 is 39.8 Å². The summed E-state index contributed by atoms with van der Waals surface area (Å²) in [4.78, 5) is 12.9. The molecule has 0 aromatic carbocycles. The highest BCUT2D eigenvalue weighted by molar-refractivity contribution is 5.76. The Bertz CT molecular complexity index is 1340. The second-order valence-corrected chi connectivity index (χ2v) is 20.4. The van der Waals surface area contributed by atoms with E-state index in [4.69, 9.17) is 9.47 Å². The average Bonchev–Trinajstić information content (AvgIpc) is 3.37. The summed E-state index contributed by atoms with van der Waals surface area (Å²) < 4.78 is 11.2. The highest BCUT2D eigenvalue weighted by Crippen LogP contribution is 2.23. The molecule has 1 fully saturated rings. The van der Waals surface area contributed by atoms with E-state index in [0.717, 1.165) is 70.6 Å². The zero-order chi connectivity index (χ0) is 51.5. The molecule has 1 aliphatic rings. The van der Waals surface area contributed by atoms with Crippen LogP contribution in [0.5, 0.6) is 0 Å².